The molecule has 1 N–H and O–H groups in total. The molecule has 3 aromatic carbocycles. The Bertz CT molecular complexity index is 1490. The van der Waals surface area contributed by atoms with Crippen LogP contribution in [0.5, 0.6) is 5.75 Å². The highest BCUT2D eigenvalue weighted by Gasteiger charge is 2.21. The van der Waals surface area contributed by atoms with Crippen LogP contribution in [0, 0.1) is 20.8 Å². The monoisotopic (exact) mass is 466 g/mol. The van der Waals surface area contributed by atoms with E-state index in [0.717, 1.165) is 22.4 Å². The fourth-order valence-electron chi connectivity index (χ4n) is 4.22. The molecule has 35 heavy (non-hydrogen) atoms. The summed E-state index contributed by atoms with van der Waals surface area (Å²) < 4.78 is 13.0. The third-order valence-electron chi connectivity index (χ3n) is 5.88. The Balaban J connectivity index is 1.28. The number of hydrogen-bond donors (Lipinski definition) is 1. The van der Waals surface area contributed by atoms with Gasteiger partial charge in [-0.25, -0.2) is 0 Å². The Morgan fingerprint density at radius 1 is 1.03 bits per heavy atom. The average Bonchev–Trinajstić information content (AvgIpc) is 3.43. The summed E-state index contributed by atoms with van der Waals surface area (Å²) >= 11 is 0. The summed E-state index contributed by atoms with van der Waals surface area (Å²) in [5.41, 5.74) is 4.78. The van der Waals surface area contributed by atoms with Crippen molar-refractivity contribution >= 4 is 22.4 Å². The zero-order chi connectivity index (χ0) is 24.4. The van der Waals surface area contributed by atoms with Crippen molar-refractivity contribution in [2.24, 2.45) is 0 Å². The number of carbonyl (C=O) groups is 1. The van der Waals surface area contributed by atoms with Crippen LogP contribution in [0.2, 0.25) is 0 Å². The summed E-state index contributed by atoms with van der Waals surface area (Å²) in [4.78, 5) is 13.0. The molecular weight excluding hydrogens is 440 g/mol. The number of benzene rings is 3. The van der Waals surface area contributed by atoms with Gasteiger partial charge in [0, 0.05) is 6.20 Å². The van der Waals surface area contributed by atoms with E-state index in [1.54, 1.807) is 24.0 Å². The molecule has 0 atom stereocenters. The lowest BCUT2D eigenvalue weighted by Crippen LogP contribution is -2.15. The van der Waals surface area contributed by atoms with Crippen molar-refractivity contribution in [2.75, 3.05) is 5.32 Å². The Morgan fingerprint density at radius 2 is 1.80 bits per heavy atom. The molecule has 5 rings (SSSR count). The predicted octanol–water partition coefficient (Wildman–Crippen LogP) is 5.83. The van der Waals surface area contributed by atoms with Crippen molar-refractivity contribution in [1.29, 1.82) is 0 Å². The smallest absolute Gasteiger partial charge is 0.278 e. The predicted molar refractivity (Wildman–Crippen MR) is 135 cm³/mol. The van der Waals surface area contributed by atoms with Crippen molar-refractivity contribution in [1.82, 2.24) is 14.9 Å². The molecule has 0 aliphatic heterocycles. The summed E-state index contributed by atoms with van der Waals surface area (Å²) in [6, 6.07) is 20.5. The van der Waals surface area contributed by atoms with E-state index in [-0.39, 0.29) is 18.2 Å². The number of amides is 1. The third kappa shape index (κ3) is 4.94. The molecule has 0 fully saturated rings. The molecule has 0 aliphatic carbocycles. The molecule has 0 bridgehead atoms. The van der Waals surface area contributed by atoms with Crippen molar-refractivity contribution < 1.29 is 14.1 Å². The molecule has 176 valence electrons. The van der Waals surface area contributed by atoms with E-state index >= 15 is 0 Å². The van der Waals surface area contributed by atoms with Gasteiger partial charge in [0.15, 0.2) is 5.69 Å². The number of fused-ring (bicyclic) bond motifs is 1. The Morgan fingerprint density at radius 3 is 2.63 bits per heavy atom. The second-order valence-electron chi connectivity index (χ2n) is 8.70. The molecule has 0 aliphatic rings. The molecule has 0 saturated carbocycles. The van der Waals surface area contributed by atoms with Gasteiger partial charge in [-0.2, -0.15) is 5.10 Å². The zero-order valence-electron chi connectivity index (χ0n) is 19.9. The number of aromatic nitrogens is 3. The van der Waals surface area contributed by atoms with Gasteiger partial charge in [0.1, 0.15) is 18.1 Å². The van der Waals surface area contributed by atoms with Crippen LogP contribution < -0.4 is 10.1 Å². The van der Waals surface area contributed by atoms with Crippen LogP contribution >= 0.6 is 0 Å². The van der Waals surface area contributed by atoms with Crippen molar-refractivity contribution in [2.45, 2.75) is 33.9 Å². The molecular formula is C28H26N4O3. The number of rotatable bonds is 7. The van der Waals surface area contributed by atoms with Crippen molar-refractivity contribution in [3.8, 4) is 5.75 Å². The molecule has 5 aromatic rings. The highest BCUT2D eigenvalue weighted by Crippen LogP contribution is 2.22. The van der Waals surface area contributed by atoms with Crippen LogP contribution in [0.3, 0.4) is 0 Å². The first-order valence-corrected chi connectivity index (χ1v) is 11.4. The molecule has 7 heteroatoms. The van der Waals surface area contributed by atoms with Crippen LogP contribution in [-0.2, 0) is 13.2 Å². The van der Waals surface area contributed by atoms with Gasteiger partial charge in [-0.3, -0.25) is 9.48 Å². The maximum Gasteiger partial charge on any atom is 0.278 e. The molecule has 2 aromatic heterocycles. The minimum atomic E-state index is -0.370. The van der Waals surface area contributed by atoms with E-state index in [1.807, 2.05) is 44.2 Å². The first kappa shape index (κ1) is 22.4. The van der Waals surface area contributed by atoms with Crippen molar-refractivity contribution in [3.05, 3.63) is 107 Å². The lowest BCUT2D eigenvalue weighted by Gasteiger charge is -2.09. The minimum Gasteiger partial charge on any atom is -0.489 e. The maximum absolute atomic E-state index is 13.0. The average molecular weight is 467 g/mol. The SMILES string of the molecule is Cc1cc(C)cc(OCc2c(C(=O)Nc3cnn(Cc4cccc5ccccc45)c3)noc2C)c1. The van der Waals surface area contributed by atoms with Crippen LogP contribution in [0.15, 0.2) is 77.6 Å². The zero-order valence-corrected chi connectivity index (χ0v) is 19.9. The lowest BCUT2D eigenvalue weighted by molar-refractivity contribution is 0.101. The third-order valence-corrected chi connectivity index (χ3v) is 5.88. The molecule has 0 spiro atoms. The number of carbonyl (C=O) groups excluding carboxylic acids is 1. The highest BCUT2D eigenvalue weighted by atomic mass is 16.5. The van der Waals surface area contributed by atoms with E-state index < -0.39 is 0 Å². The van der Waals surface area contributed by atoms with E-state index in [0.29, 0.717) is 23.6 Å². The summed E-state index contributed by atoms with van der Waals surface area (Å²) in [5.74, 6) is 0.918. The van der Waals surface area contributed by atoms with Gasteiger partial charge in [0.2, 0.25) is 0 Å². The summed E-state index contributed by atoms with van der Waals surface area (Å²) in [7, 11) is 0. The van der Waals surface area contributed by atoms with Crippen LogP contribution in [0.25, 0.3) is 10.8 Å². The topological polar surface area (TPSA) is 82.2 Å². The van der Waals surface area contributed by atoms with Crippen LogP contribution in [-0.4, -0.2) is 20.8 Å². The number of anilines is 1. The van der Waals surface area contributed by atoms with E-state index in [2.05, 4.69) is 45.9 Å². The summed E-state index contributed by atoms with van der Waals surface area (Å²) in [6.07, 6.45) is 3.43. The van der Waals surface area contributed by atoms with E-state index in [4.69, 9.17) is 9.26 Å². The number of aryl methyl sites for hydroxylation is 3. The van der Waals surface area contributed by atoms with Gasteiger partial charge < -0.3 is 14.6 Å². The standard InChI is InChI=1S/C28H26N4O3/c1-18-11-19(2)13-24(12-18)34-17-26-20(3)35-31-27(26)28(33)30-23-14-29-32(16-23)15-22-9-6-8-21-7-4-5-10-25(21)22/h4-14,16H,15,17H2,1-3H3,(H,30,33). The molecule has 1 amide bonds. The second-order valence-corrected chi connectivity index (χ2v) is 8.70. The lowest BCUT2D eigenvalue weighted by atomic mass is 10.0. The molecule has 0 radical (unpaired) electrons. The molecule has 2 heterocycles. The minimum absolute atomic E-state index is 0.182. The van der Waals surface area contributed by atoms with Crippen LogP contribution in [0.1, 0.15) is 38.5 Å². The quantitative estimate of drug-likeness (QED) is 0.326. The normalized spacial score (nSPS) is 11.1. The molecule has 0 unspecified atom stereocenters. The maximum atomic E-state index is 13.0. The van der Waals surface area contributed by atoms with E-state index in [1.165, 1.54) is 10.8 Å². The largest absolute Gasteiger partial charge is 0.489 e. The van der Waals surface area contributed by atoms with Gasteiger partial charge in [0.05, 0.1) is 24.0 Å². The first-order valence-electron chi connectivity index (χ1n) is 11.4. The van der Waals surface area contributed by atoms with Gasteiger partial charge >= 0.3 is 0 Å². The first-order chi connectivity index (χ1) is 17.0. The summed E-state index contributed by atoms with van der Waals surface area (Å²) in [5, 5.41) is 13.6. The van der Waals surface area contributed by atoms with Gasteiger partial charge in [-0.05, 0) is 60.4 Å². The number of nitrogens with zero attached hydrogens (tertiary/aromatic N) is 3. The second kappa shape index (κ2) is 9.46. The van der Waals surface area contributed by atoms with E-state index in [9.17, 15) is 4.79 Å². The highest BCUT2D eigenvalue weighted by molar-refractivity contribution is 6.03. The van der Waals surface area contributed by atoms with Gasteiger partial charge in [0.25, 0.3) is 5.91 Å². The number of hydrogen-bond acceptors (Lipinski definition) is 5. The number of ether oxygens (including phenoxy) is 1. The molecule has 0 saturated heterocycles. The Kier molecular flexibility index (Phi) is 6.06. The van der Waals surface area contributed by atoms with Gasteiger partial charge in [-0.15, -0.1) is 0 Å². The molecule has 7 nitrogen and oxygen atoms in total. The summed E-state index contributed by atoms with van der Waals surface area (Å²) in [6.45, 7) is 6.58. The van der Waals surface area contributed by atoms with Gasteiger partial charge in [-0.1, -0.05) is 53.7 Å². The Hall–Kier alpha value is -4.39. The number of nitrogens with one attached hydrogen (secondary N) is 1. The van der Waals surface area contributed by atoms with Crippen molar-refractivity contribution in [3.63, 3.8) is 0 Å². The Labute approximate surface area is 203 Å². The fourth-order valence-corrected chi connectivity index (χ4v) is 4.22. The fraction of sp³-hybridized carbons (Fsp3) is 0.179. The van der Waals surface area contributed by atoms with Crippen LogP contribution in [0.4, 0.5) is 5.69 Å².